The largest absolute Gasteiger partial charge is 0.496 e. The molecule has 0 aromatic heterocycles. The molecule has 4 heteroatoms. The molecule has 1 saturated heterocycles. The predicted octanol–water partition coefficient (Wildman–Crippen LogP) is 3.46. The Bertz CT molecular complexity index is 773. The molecule has 0 unspecified atom stereocenters. The van der Waals surface area contributed by atoms with Crippen molar-refractivity contribution >= 4 is 5.91 Å². The minimum absolute atomic E-state index is 0.185. The number of nitrogens with zero attached hydrogens (tertiary/aromatic N) is 1. The number of nitrogens with two attached hydrogens (primary N) is 1. The highest BCUT2D eigenvalue weighted by atomic mass is 16.5. The molecule has 1 heterocycles. The lowest BCUT2D eigenvalue weighted by molar-refractivity contribution is -0.139. The van der Waals surface area contributed by atoms with Gasteiger partial charge in [0.2, 0.25) is 5.91 Å². The minimum atomic E-state index is -0.501. The van der Waals surface area contributed by atoms with Crippen molar-refractivity contribution in [2.45, 2.75) is 26.2 Å². The fourth-order valence-electron chi connectivity index (χ4n) is 4.18. The normalized spacial score (nSPS) is 19.9. The number of para-hydroxylation sites is 1. The minimum Gasteiger partial charge on any atom is -0.496 e. The molecule has 2 aromatic rings. The number of carbonyl (C=O) groups is 1. The van der Waals surface area contributed by atoms with Crippen molar-refractivity contribution in [3.63, 3.8) is 0 Å². The van der Waals surface area contributed by atoms with Gasteiger partial charge in [0.25, 0.3) is 0 Å². The molecule has 144 valence electrons. The lowest BCUT2D eigenvalue weighted by Gasteiger charge is -2.30. The summed E-state index contributed by atoms with van der Waals surface area (Å²) in [5.74, 6) is 1.63. The maximum atomic E-state index is 13.4. The maximum Gasteiger partial charge on any atom is 0.228 e. The third kappa shape index (κ3) is 4.16. The van der Waals surface area contributed by atoms with E-state index >= 15 is 0 Å². The van der Waals surface area contributed by atoms with Crippen LogP contribution in [0.25, 0.3) is 0 Å². The number of likely N-dealkylation sites (tertiary alicyclic amines) is 1. The highest BCUT2D eigenvalue weighted by Gasteiger charge is 2.40. The van der Waals surface area contributed by atoms with Gasteiger partial charge in [0.05, 0.1) is 7.11 Å². The Balaban J connectivity index is 1.76. The summed E-state index contributed by atoms with van der Waals surface area (Å²) >= 11 is 0. The molecule has 1 aliphatic rings. The van der Waals surface area contributed by atoms with Crippen molar-refractivity contribution in [2.24, 2.45) is 17.1 Å². The topological polar surface area (TPSA) is 55.6 Å². The van der Waals surface area contributed by atoms with Gasteiger partial charge in [-0.15, -0.1) is 0 Å². The average molecular weight is 367 g/mol. The van der Waals surface area contributed by atoms with Gasteiger partial charge < -0.3 is 15.4 Å². The lowest BCUT2D eigenvalue weighted by atomic mass is 9.84. The first-order valence-corrected chi connectivity index (χ1v) is 9.62. The molecule has 1 fully saturated rings. The van der Waals surface area contributed by atoms with Crippen LogP contribution in [0.4, 0.5) is 0 Å². The van der Waals surface area contributed by atoms with Gasteiger partial charge in [0.15, 0.2) is 0 Å². The van der Waals surface area contributed by atoms with Gasteiger partial charge >= 0.3 is 0 Å². The zero-order valence-electron chi connectivity index (χ0n) is 16.5. The molecule has 2 aromatic carbocycles. The van der Waals surface area contributed by atoms with Crippen LogP contribution in [-0.4, -0.2) is 37.6 Å². The summed E-state index contributed by atoms with van der Waals surface area (Å²) in [6.45, 7) is 6.10. The summed E-state index contributed by atoms with van der Waals surface area (Å²) in [4.78, 5) is 15.4. The van der Waals surface area contributed by atoms with E-state index < -0.39 is 5.41 Å². The van der Waals surface area contributed by atoms with Crippen molar-refractivity contribution in [1.82, 2.24) is 4.90 Å². The van der Waals surface area contributed by atoms with Gasteiger partial charge in [-0.05, 0) is 36.1 Å². The Morgan fingerprint density at radius 2 is 1.78 bits per heavy atom. The van der Waals surface area contributed by atoms with E-state index in [0.717, 1.165) is 24.4 Å². The molecule has 1 aliphatic heterocycles. The number of methoxy groups -OCH3 is 1. The average Bonchev–Trinajstić information content (AvgIpc) is 3.12. The smallest absolute Gasteiger partial charge is 0.228 e. The number of hydrogen-bond donors (Lipinski definition) is 1. The van der Waals surface area contributed by atoms with Crippen LogP contribution in [0.5, 0.6) is 5.75 Å². The number of rotatable bonds is 6. The molecule has 0 saturated carbocycles. The van der Waals surface area contributed by atoms with Crippen LogP contribution in [-0.2, 0) is 11.2 Å². The lowest BCUT2D eigenvalue weighted by Crippen LogP contribution is -2.41. The van der Waals surface area contributed by atoms with Gasteiger partial charge in [-0.3, -0.25) is 4.79 Å². The molecule has 0 spiro atoms. The Morgan fingerprint density at radius 3 is 2.44 bits per heavy atom. The quantitative estimate of drug-likeness (QED) is 0.852. The van der Waals surface area contributed by atoms with Crippen molar-refractivity contribution < 1.29 is 9.53 Å². The van der Waals surface area contributed by atoms with Gasteiger partial charge in [-0.25, -0.2) is 0 Å². The van der Waals surface area contributed by atoms with E-state index in [2.05, 4.69) is 24.3 Å². The third-order valence-electron chi connectivity index (χ3n) is 5.66. The predicted molar refractivity (Wildman–Crippen MR) is 109 cm³/mol. The van der Waals surface area contributed by atoms with E-state index in [9.17, 15) is 4.79 Å². The summed E-state index contributed by atoms with van der Waals surface area (Å²) in [6.07, 6.45) is 0.648. The van der Waals surface area contributed by atoms with Gasteiger partial charge in [0, 0.05) is 24.4 Å². The van der Waals surface area contributed by atoms with Crippen molar-refractivity contribution in [2.75, 3.05) is 26.7 Å². The van der Waals surface area contributed by atoms with Crippen molar-refractivity contribution in [3.8, 4) is 5.75 Å². The summed E-state index contributed by atoms with van der Waals surface area (Å²) in [7, 11) is 1.67. The Kier molecular flexibility index (Phi) is 5.85. The Labute approximate surface area is 162 Å². The van der Waals surface area contributed by atoms with Crippen molar-refractivity contribution in [3.05, 3.63) is 65.7 Å². The first-order valence-electron chi connectivity index (χ1n) is 9.62. The Hall–Kier alpha value is -2.33. The van der Waals surface area contributed by atoms with Crippen LogP contribution in [0.1, 0.15) is 30.9 Å². The monoisotopic (exact) mass is 366 g/mol. The van der Waals surface area contributed by atoms with Gasteiger partial charge in [-0.1, -0.05) is 62.4 Å². The second-order valence-electron chi connectivity index (χ2n) is 8.10. The standard InChI is InChI=1S/C23H30N2O2/c1-23(2,13-18-11-7-8-12-21(18)27-3)22(26)25-15-19(14-24)20(16-25)17-9-5-4-6-10-17/h4-12,19-20H,13-16,24H2,1-3H3/t19-,20+/m1/s1. The Morgan fingerprint density at radius 1 is 1.11 bits per heavy atom. The molecule has 1 amide bonds. The second-order valence-corrected chi connectivity index (χ2v) is 8.10. The van der Waals surface area contributed by atoms with E-state index in [1.54, 1.807) is 7.11 Å². The SMILES string of the molecule is COc1ccccc1CC(C)(C)C(=O)N1C[C@@H](CN)[C@H](c2ccccc2)C1. The number of hydrogen-bond acceptors (Lipinski definition) is 3. The first-order chi connectivity index (χ1) is 13.0. The van der Waals surface area contributed by atoms with E-state index in [0.29, 0.717) is 24.8 Å². The second kappa shape index (κ2) is 8.13. The van der Waals surface area contributed by atoms with Crippen LogP contribution in [0, 0.1) is 11.3 Å². The summed E-state index contributed by atoms with van der Waals surface area (Å²) in [5, 5.41) is 0. The maximum absolute atomic E-state index is 13.4. The van der Waals surface area contributed by atoms with Crippen LogP contribution in [0.3, 0.4) is 0 Å². The first kappa shape index (κ1) is 19.4. The summed E-state index contributed by atoms with van der Waals surface area (Å²) in [6, 6.07) is 18.3. The molecule has 0 radical (unpaired) electrons. The van der Waals surface area contributed by atoms with E-state index in [-0.39, 0.29) is 5.91 Å². The molecule has 2 atom stereocenters. The fourth-order valence-corrected chi connectivity index (χ4v) is 4.18. The van der Waals surface area contributed by atoms with Gasteiger partial charge in [-0.2, -0.15) is 0 Å². The summed E-state index contributed by atoms with van der Waals surface area (Å²) in [5.41, 5.74) is 7.87. The molecule has 27 heavy (non-hydrogen) atoms. The zero-order chi connectivity index (χ0) is 19.4. The molecule has 4 nitrogen and oxygen atoms in total. The molecule has 0 aliphatic carbocycles. The fraction of sp³-hybridized carbons (Fsp3) is 0.435. The van der Waals surface area contributed by atoms with Crippen LogP contribution in [0.2, 0.25) is 0 Å². The zero-order valence-corrected chi connectivity index (χ0v) is 16.5. The van der Waals surface area contributed by atoms with Crippen LogP contribution >= 0.6 is 0 Å². The summed E-state index contributed by atoms with van der Waals surface area (Å²) < 4.78 is 5.46. The molecular weight excluding hydrogens is 336 g/mol. The molecule has 2 N–H and O–H groups in total. The third-order valence-corrected chi connectivity index (χ3v) is 5.66. The number of amides is 1. The van der Waals surface area contributed by atoms with E-state index in [1.807, 2.05) is 49.1 Å². The van der Waals surface area contributed by atoms with Gasteiger partial charge in [0.1, 0.15) is 5.75 Å². The highest BCUT2D eigenvalue weighted by molar-refractivity contribution is 5.83. The molecule has 3 rings (SSSR count). The molecule has 0 bridgehead atoms. The molecular formula is C23H30N2O2. The number of carbonyl (C=O) groups excluding carboxylic acids is 1. The number of ether oxygens (including phenoxy) is 1. The highest BCUT2D eigenvalue weighted by Crippen LogP contribution is 2.36. The van der Waals surface area contributed by atoms with Crippen LogP contribution < -0.4 is 10.5 Å². The van der Waals surface area contributed by atoms with E-state index in [1.165, 1.54) is 5.56 Å². The van der Waals surface area contributed by atoms with E-state index in [4.69, 9.17) is 10.5 Å². The van der Waals surface area contributed by atoms with Crippen LogP contribution in [0.15, 0.2) is 54.6 Å². The van der Waals surface area contributed by atoms with Crippen molar-refractivity contribution in [1.29, 1.82) is 0 Å². The number of benzene rings is 2.